The number of aliphatic hydroxyl groups is 1. The molecular weight excluding hydrogens is 426 g/mol. The number of halogens is 4. The third-order valence-electron chi connectivity index (χ3n) is 5.32. The average Bonchev–Trinajstić information content (AvgIpc) is 2.74. The second-order valence-electron chi connectivity index (χ2n) is 7.48. The predicted octanol–water partition coefficient (Wildman–Crippen LogP) is 5.67. The monoisotopic (exact) mass is 449 g/mol. The van der Waals surface area contributed by atoms with Gasteiger partial charge < -0.3 is 9.84 Å². The summed E-state index contributed by atoms with van der Waals surface area (Å²) in [6.45, 7) is 3.36. The number of alkyl halides is 3. The number of para-hydroxylation sites is 1. The van der Waals surface area contributed by atoms with Crippen molar-refractivity contribution in [2.24, 2.45) is 4.99 Å². The average molecular weight is 449 g/mol. The highest BCUT2D eigenvalue weighted by molar-refractivity contribution is 5.91. The second-order valence-corrected chi connectivity index (χ2v) is 7.48. The van der Waals surface area contributed by atoms with Crippen LogP contribution in [0, 0.1) is 12.7 Å². The minimum absolute atomic E-state index is 0.137. The van der Waals surface area contributed by atoms with Crippen LogP contribution in [0.3, 0.4) is 0 Å². The van der Waals surface area contributed by atoms with E-state index in [0.717, 1.165) is 6.07 Å². The van der Waals surface area contributed by atoms with Crippen molar-refractivity contribution in [1.82, 2.24) is 9.97 Å². The van der Waals surface area contributed by atoms with Crippen molar-refractivity contribution in [2.45, 2.75) is 44.4 Å². The number of benzene rings is 2. The third kappa shape index (κ3) is 4.72. The summed E-state index contributed by atoms with van der Waals surface area (Å²) in [5, 5.41) is 11.1. The molecule has 0 aliphatic heterocycles. The van der Waals surface area contributed by atoms with E-state index in [9.17, 15) is 22.7 Å². The van der Waals surface area contributed by atoms with Crippen LogP contribution >= 0.6 is 0 Å². The topological polar surface area (TPSA) is 67.6 Å². The molecule has 0 unspecified atom stereocenters. The molecule has 0 saturated heterocycles. The number of aromatic nitrogens is 2. The molecule has 0 radical (unpaired) electrons. The van der Waals surface area contributed by atoms with E-state index in [2.05, 4.69) is 15.0 Å². The number of hydrogen-bond donors (Lipinski definition) is 1. The molecule has 0 aliphatic carbocycles. The maximum atomic E-state index is 14.1. The van der Waals surface area contributed by atoms with Crippen LogP contribution in [0.1, 0.15) is 37.1 Å². The number of aryl methyl sites for hydroxylation is 1. The van der Waals surface area contributed by atoms with Gasteiger partial charge in [0.15, 0.2) is 17.2 Å². The van der Waals surface area contributed by atoms with Crippen molar-refractivity contribution >= 4 is 22.8 Å². The SMILES string of the molecule is CC[C@H](C[C@@](O)(C=Nc1cccc2nc(C)ncc12)C(F)(F)F)c1cccc(F)c1OC. The normalized spacial score (nSPS) is 15.1. The Kier molecular flexibility index (Phi) is 6.78. The van der Waals surface area contributed by atoms with Gasteiger partial charge >= 0.3 is 6.18 Å². The van der Waals surface area contributed by atoms with Crippen LogP contribution < -0.4 is 4.74 Å². The van der Waals surface area contributed by atoms with E-state index < -0.39 is 29.9 Å². The van der Waals surface area contributed by atoms with Crippen LogP contribution in [0.15, 0.2) is 47.6 Å². The van der Waals surface area contributed by atoms with E-state index in [-0.39, 0.29) is 23.4 Å². The molecule has 1 N–H and O–H groups in total. The molecule has 3 aromatic rings. The number of aliphatic imine (C=N–C) groups is 1. The Hall–Kier alpha value is -3.07. The maximum absolute atomic E-state index is 14.1. The number of hydrogen-bond acceptors (Lipinski definition) is 5. The van der Waals surface area contributed by atoms with Gasteiger partial charge in [0.25, 0.3) is 0 Å². The zero-order valence-corrected chi connectivity index (χ0v) is 17.8. The molecule has 9 heteroatoms. The van der Waals surface area contributed by atoms with E-state index in [1.807, 2.05) is 0 Å². The van der Waals surface area contributed by atoms with Gasteiger partial charge in [-0.15, -0.1) is 0 Å². The van der Waals surface area contributed by atoms with E-state index in [0.29, 0.717) is 22.9 Å². The summed E-state index contributed by atoms with van der Waals surface area (Å²) >= 11 is 0. The Morgan fingerprint density at radius 1 is 1.19 bits per heavy atom. The summed E-state index contributed by atoms with van der Waals surface area (Å²) in [7, 11) is 1.25. The molecule has 0 amide bonds. The number of methoxy groups -OCH3 is 1. The first-order valence-corrected chi connectivity index (χ1v) is 9.98. The molecule has 0 aliphatic rings. The molecule has 0 spiro atoms. The van der Waals surface area contributed by atoms with Gasteiger partial charge in [0.1, 0.15) is 5.82 Å². The number of fused-ring (bicyclic) bond motifs is 1. The van der Waals surface area contributed by atoms with E-state index >= 15 is 0 Å². The van der Waals surface area contributed by atoms with Gasteiger partial charge in [-0.2, -0.15) is 13.2 Å². The Morgan fingerprint density at radius 3 is 2.56 bits per heavy atom. The number of ether oxygens (including phenoxy) is 1. The first kappa shape index (κ1) is 23.6. The van der Waals surface area contributed by atoms with Gasteiger partial charge in [0.2, 0.25) is 0 Å². The molecular formula is C23H23F4N3O2. The Morgan fingerprint density at radius 2 is 1.91 bits per heavy atom. The summed E-state index contributed by atoms with van der Waals surface area (Å²) in [5.74, 6) is -1.14. The van der Waals surface area contributed by atoms with E-state index in [1.54, 1.807) is 26.0 Å². The summed E-state index contributed by atoms with van der Waals surface area (Å²) in [5.41, 5.74) is -2.28. The van der Waals surface area contributed by atoms with Crippen LogP contribution in [0.4, 0.5) is 23.2 Å². The molecule has 32 heavy (non-hydrogen) atoms. The van der Waals surface area contributed by atoms with Crippen LogP contribution in [-0.4, -0.2) is 40.2 Å². The van der Waals surface area contributed by atoms with Crippen molar-refractivity contribution in [3.05, 3.63) is 59.8 Å². The molecule has 2 aromatic carbocycles. The smallest absolute Gasteiger partial charge is 0.422 e. The Bertz CT molecular complexity index is 1130. The predicted molar refractivity (Wildman–Crippen MR) is 114 cm³/mol. The molecule has 3 rings (SSSR count). The zero-order chi connectivity index (χ0) is 23.5. The summed E-state index contributed by atoms with van der Waals surface area (Å²) in [6.07, 6.45) is -3.58. The lowest BCUT2D eigenvalue weighted by Gasteiger charge is -2.31. The first-order chi connectivity index (χ1) is 15.1. The van der Waals surface area contributed by atoms with E-state index in [4.69, 9.17) is 4.74 Å². The Labute approximate surface area is 182 Å². The molecule has 5 nitrogen and oxygen atoms in total. The van der Waals surface area contributed by atoms with Crippen LogP contribution in [0.2, 0.25) is 0 Å². The van der Waals surface area contributed by atoms with Crippen molar-refractivity contribution in [2.75, 3.05) is 7.11 Å². The molecule has 2 atom stereocenters. The quantitative estimate of drug-likeness (QED) is 0.373. The van der Waals surface area contributed by atoms with Crippen molar-refractivity contribution in [1.29, 1.82) is 0 Å². The highest BCUT2D eigenvalue weighted by atomic mass is 19.4. The van der Waals surface area contributed by atoms with Crippen LogP contribution in [0.5, 0.6) is 5.75 Å². The van der Waals surface area contributed by atoms with Crippen LogP contribution in [0.25, 0.3) is 10.9 Å². The fourth-order valence-electron chi connectivity index (χ4n) is 3.57. The highest BCUT2D eigenvalue weighted by Gasteiger charge is 2.53. The minimum Gasteiger partial charge on any atom is -0.493 e. The number of rotatable bonds is 7. The molecule has 1 aromatic heterocycles. The lowest BCUT2D eigenvalue weighted by molar-refractivity contribution is -0.232. The fraction of sp³-hybridized carbons (Fsp3) is 0.348. The molecule has 0 bridgehead atoms. The van der Waals surface area contributed by atoms with Crippen molar-refractivity contribution < 1.29 is 27.4 Å². The van der Waals surface area contributed by atoms with Crippen molar-refractivity contribution in [3.8, 4) is 5.75 Å². The summed E-state index contributed by atoms with van der Waals surface area (Å²) in [6, 6.07) is 8.88. The second kappa shape index (κ2) is 9.20. The van der Waals surface area contributed by atoms with Crippen molar-refractivity contribution in [3.63, 3.8) is 0 Å². The van der Waals surface area contributed by atoms with Gasteiger partial charge in [0.05, 0.1) is 18.3 Å². The van der Waals surface area contributed by atoms with Crippen LogP contribution in [-0.2, 0) is 0 Å². The summed E-state index contributed by atoms with van der Waals surface area (Å²) < 4.78 is 61.1. The van der Waals surface area contributed by atoms with Gasteiger partial charge in [-0.3, -0.25) is 4.99 Å². The Balaban J connectivity index is 2.02. The summed E-state index contributed by atoms with van der Waals surface area (Å²) in [4.78, 5) is 12.3. The van der Waals surface area contributed by atoms with Gasteiger partial charge in [-0.25, -0.2) is 14.4 Å². The number of nitrogens with zero attached hydrogens (tertiary/aromatic N) is 3. The lowest BCUT2D eigenvalue weighted by Crippen LogP contribution is -2.47. The van der Waals surface area contributed by atoms with Gasteiger partial charge in [0, 0.05) is 23.4 Å². The molecule has 0 fully saturated rings. The third-order valence-corrected chi connectivity index (χ3v) is 5.32. The zero-order valence-electron chi connectivity index (χ0n) is 17.8. The molecule has 0 saturated carbocycles. The maximum Gasteiger partial charge on any atom is 0.422 e. The standard InChI is InChI=1S/C23H23F4N3O2/c1-4-15(16-7-5-8-18(24)21(16)32-3)11-22(31,23(25,26)27)13-29-19-9-6-10-20-17(19)12-28-14(2)30-20/h5-10,12-13,15,31H,4,11H2,1-3H3/t15-,22-/m1/s1. The highest BCUT2D eigenvalue weighted by Crippen LogP contribution is 2.42. The molecule has 1 heterocycles. The van der Waals surface area contributed by atoms with E-state index in [1.165, 1.54) is 31.5 Å². The van der Waals surface area contributed by atoms with Gasteiger partial charge in [-0.1, -0.05) is 25.1 Å². The first-order valence-electron chi connectivity index (χ1n) is 9.98. The minimum atomic E-state index is -5.01. The lowest BCUT2D eigenvalue weighted by atomic mass is 9.84. The molecule has 170 valence electrons. The fourth-order valence-corrected chi connectivity index (χ4v) is 3.57. The largest absolute Gasteiger partial charge is 0.493 e. The van der Waals surface area contributed by atoms with Gasteiger partial charge in [-0.05, 0) is 43.9 Å².